The number of aromatic nitrogens is 1. The second-order valence-corrected chi connectivity index (χ2v) is 10.7. The molecular weight excluding hydrogens is 402 g/mol. The fraction of sp³-hybridized carbons (Fsp3) is 0.455. The van der Waals surface area contributed by atoms with Crippen molar-refractivity contribution in [2.45, 2.75) is 44.9 Å². The highest BCUT2D eigenvalue weighted by molar-refractivity contribution is 7.89. The molecule has 1 amide bonds. The summed E-state index contributed by atoms with van der Waals surface area (Å²) in [7, 11) is -3.68. The van der Waals surface area contributed by atoms with E-state index in [0.29, 0.717) is 4.90 Å². The third-order valence-electron chi connectivity index (χ3n) is 5.50. The maximum Gasteiger partial charge on any atom is 0.260 e. The second kappa shape index (κ2) is 8.00. The van der Waals surface area contributed by atoms with Gasteiger partial charge in [0, 0.05) is 32.4 Å². The molecule has 1 aliphatic heterocycles. The predicted octanol–water partition coefficient (Wildman–Crippen LogP) is 2.44. The molecule has 0 aliphatic carbocycles. The highest BCUT2D eigenvalue weighted by Crippen LogP contribution is 2.31. The van der Waals surface area contributed by atoms with Gasteiger partial charge in [0.15, 0.2) is 0 Å². The quantitative estimate of drug-likeness (QED) is 0.808. The van der Waals surface area contributed by atoms with Crippen LogP contribution in [-0.2, 0) is 15.4 Å². The summed E-state index contributed by atoms with van der Waals surface area (Å²) in [6.07, 6.45) is 1.47. The number of hydrogen-bond donors (Lipinski definition) is 1. The molecule has 30 heavy (non-hydrogen) atoms. The minimum absolute atomic E-state index is 0.0678. The van der Waals surface area contributed by atoms with E-state index in [1.54, 1.807) is 6.07 Å². The Morgan fingerprint density at radius 2 is 1.60 bits per heavy atom. The molecule has 1 fully saturated rings. The number of rotatable bonds is 3. The Morgan fingerprint density at radius 1 is 1.03 bits per heavy atom. The molecule has 8 heteroatoms. The monoisotopic (exact) mass is 431 g/mol. The summed E-state index contributed by atoms with van der Waals surface area (Å²) in [6, 6.07) is 6.97. The molecule has 2 heterocycles. The van der Waals surface area contributed by atoms with Crippen molar-refractivity contribution in [3.05, 3.63) is 63.1 Å². The van der Waals surface area contributed by atoms with Gasteiger partial charge >= 0.3 is 0 Å². The van der Waals surface area contributed by atoms with Gasteiger partial charge in [-0.3, -0.25) is 9.59 Å². The number of carbonyl (C=O) groups is 1. The number of nitrogens with one attached hydrogen (secondary N) is 1. The molecule has 7 nitrogen and oxygen atoms in total. The molecule has 1 aliphatic rings. The molecule has 3 rings (SSSR count). The maximum atomic E-state index is 13.4. The standard InChI is InChI=1S/C22H29N3O4S/c1-15-13-17(22(3,4)5)14-16(2)19(15)30(28,29)25-11-9-24(10-12-25)21(27)18-7-6-8-23-20(18)26/h6-8,13-14H,9-12H2,1-5H3,(H,23,26). The Bertz CT molecular complexity index is 1100. The summed E-state index contributed by atoms with van der Waals surface area (Å²) in [5.74, 6) is -0.379. The van der Waals surface area contributed by atoms with Crippen LogP contribution in [0.5, 0.6) is 0 Å². The van der Waals surface area contributed by atoms with E-state index in [4.69, 9.17) is 0 Å². The molecule has 0 radical (unpaired) electrons. The largest absolute Gasteiger partial charge is 0.336 e. The third-order valence-corrected chi connectivity index (χ3v) is 7.70. The number of H-pyrrole nitrogens is 1. The van der Waals surface area contributed by atoms with Crippen LogP contribution in [-0.4, -0.2) is 54.7 Å². The number of aryl methyl sites for hydroxylation is 2. The van der Waals surface area contributed by atoms with Crippen molar-refractivity contribution in [2.24, 2.45) is 0 Å². The average molecular weight is 432 g/mol. The molecule has 0 spiro atoms. The maximum absolute atomic E-state index is 13.4. The SMILES string of the molecule is Cc1cc(C(C)(C)C)cc(C)c1S(=O)(=O)N1CCN(C(=O)c2ccc[nH]c2=O)CC1. The summed E-state index contributed by atoms with van der Waals surface area (Å²) < 4.78 is 28.1. The predicted molar refractivity (Wildman–Crippen MR) is 116 cm³/mol. The number of amides is 1. The van der Waals surface area contributed by atoms with Crippen molar-refractivity contribution < 1.29 is 13.2 Å². The first-order valence-corrected chi connectivity index (χ1v) is 11.5. The molecule has 1 aromatic heterocycles. The first-order valence-electron chi connectivity index (χ1n) is 10.0. The van der Waals surface area contributed by atoms with Crippen molar-refractivity contribution in [1.82, 2.24) is 14.2 Å². The number of hydrogen-bond acceptors (Lipinski definition) is 4. The molecule has 1 N–H and O–H groups in total. The van der Waals surface area contributed by atoms with Crippen LogP contribution in [0, 0.1) is 13.8 Å². The van der Waals surface area contributed by atoms with E-state index < -0.39 is 15.6 Å². The van der Waals surface area contributed by atoms with Gasteiger partial charge in [-0.05, 0) is 48.1 Å². The number of sulfonamides is 1. The smallest absolute Gasteiger partial charge is 0.260 e. The molecule has 1 aromatic carbocycles. The van der Waals surface area contributed by atoms with Gasteiger partial charge in [-0.2, -0.15) is 4.31 Å². The molecule has 0 saturated carbocycles. The second-order valence-electron chi connectivity index (χ2n) is 8.80. The minimum Gasteiger partial charge on any atom is -0.336 e. The number of aromatic amines is 1. The van der Waals surface area contributed by atoms with Crippen molar-refractivity contribution in [3.63, 3.8) is 0 Å². The van der Waals surface area contributed by atoms with Gasteiger partial charge < -0.3 is 9.88 Å². The molecule has 1 saturated heterocycles. The van der Waals surface area contributed by atoms with Crippen LogP contribution in [0.25, 0.3) is 0 Å². The summed E-state index contributed by atoms with van der Waals surface area (Å²) in [5.41, 5.74) is 2.11. The van der Waals surface area contributed by atoms with Crippen LogP contribution < -0.4 is 5.56 Å². The van der Waals surface area contributed by atoms with Crippen molar-refractivity contribution in [2.75, 3.05) is 26.2 Å². The topological polar surface area (TPSA) is 90.6 Å². The Labute approximate surface area is 177 Å². The van der Waals surface area contributed by atoms with Crippen LogP contribution in [0.1, 0.15) is 47.8 Å². The minimum atomic E-state index is -3.68. The molecule has 0 bridgehead atoms. The number of piperazine rings is 1. The fourth-order valence-electron chi connectivity index (χ4n) is 3.81. The summed E-state index contributed by atoms with van der Waals surface area (Å²) in [4.78, 5) is 28.9. The Hall–Kier alpha value is -2.45. The van der Waals surface area contributed by atoms with E-state index in [9.17, 15) is 18.0 Å². The van der Waals surface area contributed by atoms with E-state index in [0.717, 1.165) is 16.7 Å². The van der Waals surface area contributed by atoms with Gasteiger partial charge in [-0.25, -0.2) is 8.42 Å². The molecular formula is C22H29N3O4S. The van der Waals surface area contributed by atoms with Crippen molar-refractivity contribution >= 4 is 15.9 Å². The molecule has 0 unspecified atom stereocenters. The highest BCUT2D eigenvalue weighted by Gasteiger charge is 2.33. The first-order chi connectivity index (χ1) is 13.9. The van der Waals surface area contributed by atoms with Crippen molar-refractivity contribution in [1.29, 1.82) is 0 Å². The van der Waals surface area contributed by atoms with Crippen molar-refractivity contribution in [3.8, 4) is 0 Å². The summed E-state index contributed by atoms with van der Waals surface area (Å²) in [6.45, 7) is 10.8. The van der Waals surface area contributed by atoms with Gasteiger partial charge in [0.05, 0.1) is 4.90 Å². The number of nitrogens with zero attached hydrogens (tertiary/aromatic N) is 2. The van der Waals surface area contributed by atoms with Gasteiger partial charge in [-0.15, -0.1) is 0 Å². The van der Waals surface area contributed by atoms with Crippen LogP contribution in [0.15, 0.2) is 40.2 Å². The average Bonchev–Trinajstić information content (AvgIpc) is 2.66. The van der Waals surface area contributed by atoms with Gasteiger partial charge in [0.25, 0.3) is 11.5 Å². The Kier molecular flexibility index (Phi) is 5.93. The Balaban J connectivity index is 1.81. The summed E-state index contributed by atoms with van der Waals surface area (Å²) in [5, 5.41) is 0. The van der Waals surface area contributed by atoms with E-state index in [2.05, 4.69) is 25.8 Å². The molecule has 0 atom stereocenters. The van der Waals surface area contributed by atoms with Crippen LogP contribution in [0.3, 0.4) is 0 Å². The lowest BCUT2D eigenvalue weighted by Crippen LogP contribution is -2.51. The lowest BCUT2D eigenvalue weighted by atomic mass is 9.85. The number of pyridine rings is 1. The lowest BCUT2D eigenvalue weighted by Gasteiger charge is -2.34. The van der Waals surface area contributed by atoms with Gasteiger partial charge in [0.1, 0.15) is 5.56 Å². The normalized spacial score (nSPS) is 16.0. The highest BCUT2D eigenvalue weighted by atomic mass is 32.2. The first kappa shape index (κ1) is 22.2. The van der Waals surface area contributed by atoms with Crippen LogP contribution in [0.4, 0.5) is 0 Å². The van der Waals surface area contributed by atoms with E-state index in [1.165, 1.54) is 21.5 Å². The third kappa shape index (κ3) is 4.20. The Morgan fingerprint density at radius 3 is 2.10 bits per heavy atom. The van der Waals surface area contributed by atoms with Gasteiger partial charge in [-0.1, -0.05) is 32.9 Å². The molecule has 162 valence electrons. The van der Waals surface area contributed by atoms with E-state index in [1.807, 2.05) is 26.0 Å². The summed E-state index contributed by atoms with van der Waals surface area (Å²) >= 11 is 0. The zero-order valence-corrected chi connectivity index (χ0v) is 19.0. The van der Waals surface area contributed by atoms with E-state index in [-0.39, 0.29) is 43.1 Å². The lowest BCUT2D eigenvalue weighted by molar-refractivity contribution is 0.0696. The van der Waals surface area contributed by atoms with Crippen LogP contribution in [0.2, 0.25) is 0 Å². The fourth-order valence-corrected chi connectivity index (χ4v) is 5.64. The van der Waals surface area contributed by atoms with Crippen LogP contribution >= 0.6 is 0 Å². The zero-order valence-electron chi connectivity index (χ0n) is 18.2. The molecule has 2 aromatic rings. The number of benzene rings is 1. The van der Waals surface area contributed by atoms with Gasteiger partial charge in [0.2, 0.25) is 10.0 Å². The van der Waals surface area contributed by atoms with E-state index >= 15 is 0 Å². The zero-order chi connectivity index (χ0) is 22.3. The number of carbonyl (C=O) groups excluding carboxylic acids is 1.